The molecule has 0 amide bonds. The van der Waals surface area contributed by atoms with Gasteiger partial charge in [-0.05, 0) is 55.0 Å². The monoisotopic (exact) mass is 277 g/mol. The Morgan fingerprint density at radius 3 is 2.68 bits per heavy atom. The Kier molecular flexibility index (Phi) is 4.45. The zero-order valence-electron chi connectivity index (χ0n) is 11.6. The largest absolute Gasteiger partial charge is 0.313 e. The van der Waals surface area contributed by atoms with Crippen LogP contribution in [0.1, 0.15) is 49.7 Å². The third kappa shape index (κ3) is 3.52. The lowest BCUT2D eigenvalue weighted by molar-refractivity contribution is 0.328. The molecule has 2 aliphatic carbocycles. The Bertz CT molecular complexity index is 423. The predicted molar refractivity (Wildman–Crippen MR) is 81.8 cm³/mol. The van der Waals surface area contributed by atoms with Gasteiger partial charge in [0, 0.05) is 11.1 Å². The van der Waals surface area contributed by atoms with Gasteiger partial charge in [0.25, 0.3) is 0 Å². The lowest BCUT2D eigenvalue weighted by atomic mass is 9.87. The van der Waals surface area contributed by atoms with E-state index in [0.717, 1.165) is 17.4 Å². The summed E-state index contributed by atoms with van der Waals surface area (Å²) in [6, 6.07) is 6.99. The molecule has 1 saturated carbocycles. The lowest BCUT2D eigenvalue weighted by Gasteiger charge is -2.22. The molecule has 19 heavy (non-hydrogen) atoms. The molecule has 0 aromatic heterocycles. The van der Waals surface area contributed by atoms with Gasteiger partial charge in [0.1, 0.15) is 0 Å². The molecule has 1 aromatic carbocycles. The third-order valence-corrected chi connectivity index (χ3v) is 5.05. The quantitative estimate of drug-likeness (QED) is 0.862. The molecule has 2 aliphatic rings. The minimum atomic E-state index is 0.636. The fraction of sp³-hybridized carbons (Fsp3) is 0.647. The van der Waals surface area contributed by atoms with Crippen molar-refractivity contribution in [2.45, 2.75) is 57.4 Å². The van der Waals surface area contributed by atoms with Gasteiger partial charge in [0.05, 0.1) is 0 Å². The molecule has 2 heteroatoms. The maximum Gasteiger partial charge on any atom is 0.0408 e. The fourth-order valence-corrected chi connectivity index (χ4v) is 3.89. The van der Waals surface area contributed by atoms with Crippen molar-refractivity contribution in [1.82, 2.24) is 5.32 Å². The number of rotatable bonds is 4. The van der Waals surface area contributed by atoms with E-state index in [0.29, 0.717) is 6.04 Å². The first kappa shape index (κ1) is 13.5. The van der Waals surface area contributed by atoms with E-state index >= 15 is 0 Å². The first-order valence-corrected chi connectivity index (χ1v) is 8.20. The summed E-state index contributed by atoms with van der Waals surface area (Å²) in [5, 5.41) is 4.63. The van der Waals surface area contributed by atoms with Crippen molar-refractivity contribution < 1.29 is 0 Å². The molecule has 1 N–H and O–H groups in total. The number of benzene rings is 1. The maximum atomic E-state index is 6.06. The number of nitrogens with one attached hydrogen (secondary N) is 1. The van der Waals surface area contributed by atoms with Crippen LogP contribution in [0.5, 0.6) is 0 Å². The molecule has 0 saturated heterocycles. The van der Waals surface area contributed by atoms with Gasteiger partial charge in [-0.15, -0.1) is 0 Å². The van der Waals surface area contributed by atoms with E-state index in [1.54, 1.807) is 0 Å². The van der Waals surface area contributed by atoms with Gasteiger partial charge in [0.2, 0.25) is 0 Å². The molecule has 0 radical (unpaired) electrons. The second-order valence-corrected chi connectivity index (χ2v) is 6.70. The molecule has 1 unspecified atom stereocenters. The predicted octanol–water partition coefficient (Wildman–Crippen LogP) is 4.37. The van der Waals surface area contributed by atoms with E-state index in [1.165, 1.54) is 62.6 Å². The molecule has 0 spiro atoms. The molecular formula is C17H24ClN. The van der Waals surface area contributed by atoms with Crippen LogP contribution in [0.4, 0.5) is 0 Å². The van der Waals surface area contributed by atoms with Crippen LogP contribution in [0.3, 0.4) is 0 Å². The summed E-state index contributed by atoms with van der Waals surface area (Å²) in [6.45, 7) is 1.19. The van der Waals surface area contributed by atoms with Crippen LogP contribution in [-0.4, -0.2) is 12.6 Å². The number of fused-ring (bicyclic) bond motifs is 1. The number of hydrogen-bond acceptors (Lipinski definition) is 1. The van der Waals surface area contributed by atoms with Crippen molar-refractivity contribution in [3.8, 4) is 0 Å². The molecular weight excluding hydrogens is 254 g/mol. The molecule has 104 valence electrons. The lowest BCUT2D eigenvalue weighted by Crippen LogP contribution is -2.31. The van der Waals surface area contributed by atoms with E-state index in [9.17, 15) is 0 Å². The summed E-state index contributed by atoms with van der Waals surface area (Å²) in [6.07, 6.45) is 11.0. The summed E-state index contributed by atoms with van der Waals surface area (Å²) in [5.41, 5.74) is 2.93. The van der Waals surface area contributed by atoms with Crippen molar-refractivity contribution in [1.29, 1.82) is 0 Å². The van der Waals surface area contributed by atoms with Crippen LogP contribution in [-0.2, 0) is 12.8 Å². The zero-order chi connectivity index (χ0) is 13.1. The van der Waals surface area contributed by atoms with E-state index in [4.69, 9.17) is 11.6 Å². The molecule has 1 fully saturated rings. The first-order chi connectivity index (χ1) is 9.31. The average molecular weight is 278 g/mol. The summed E-state index contributed by atoms with van der Waals surface area (Å²) in [5.74, 6) is 0.986. The van der Waals surface area contributed by atoms with Gasteiger partial charge >= 0.3 is 0 Å². The van der Waals surface area contributed by atoms with Gasteiger partial charge in [-0.1, -0.05) is 49.8 Å². The van der Waals surface area contributed by atoms with Crippen LogP contribution in [0.25, 0.3) is 0 Å². The highest BCUT2D eigenvalue weighted by Crippen LogP contribution is 2.27. The standard InChI is InChI=1S/C17H24ClN/c18-16-7-6-14-11-17(12-15(14)10-16)19-9-8-13-4-2-1-3-5-13/h6-7,10,13,17,19H,1-5,8-9,11-12H2. The van der Waals surface area contributed by atoms with Crippen LogP contribution in [0, 0.1) is 5.92 Å². The topological polar surface area (TPSA) is 12.0 Å². The Morgan fingerprint density at radius 1 is 1.05 bits per heavy atom. The normalized spacial score (nSPS) is 23.5. The fourth-order valence-electron chi connectivity index (χ4n) is 3.70. The van der Waals surface area contributed by atoms with Crippen molar-refractivity contribution in [2.24, 2.45) is 5.92 Å². The summed E-state index contributed by atoms with van der Waals surface area (Å²) < 4.78 is 0. The van der Waals surface area contributed by atoms with Gasteiger partial charge in [-0.25, -0.2) is 0 Å². The first-order valence-electron chi connectivity index (χ1n) is 7.82. The van der Waals surface area contributed by atoms with E-state index in [1.807, 2.05) is 6.07 Å². The highest BCUT2D eigenvalue weighted by molar-refractivity contribution is 6.30. The van der Waals surface area contributed by atoms with E-state index in [-0.39, 0.29) is 0 Å². The van der Waals surface area contributed by atoms with Gasteiger partial charge < -0.3 is 5.32 Å². The second kappa shape index (κ2) is 6.28. The SMILES string of the molecule is Clc1ccc2c(c1)CC(NCCC1CCCCC1)C2. The van der Waals surface area contributed by atoms with Gasteiger partial charge in [-0.2, -0.15) is 0 Å². The van der Waals surface area contributed by atoms with Crippen LogP contribution in [0.15, 0.2) is 18.2 Å². The molecule has 1 atom stereocenters. The Balaban J connectivity index is 1.43. The molecule has 1 aromatic rings. The average Bonchev–Trinajstić information content (AvgIpc) is 2.82. The minimum absolute atomic E-state index is 0.636. The summed E-state index contributed by atoms with van der Waals surface area (Å²) >= 11 is 6.06. The van der Waals surface area contributed by atoms with Gasteiger partial charge in [-0.3, -0.25) is 0 Å². The molecule has 1 nitrogen and oxygen atoms in total. The zero-order valence-corrected chi connectivity index (χ0v) is 12.4. The van der Waals surface area contributed by atoms with E-state index < -0.39 is 0 Å². The van der Waals surface area contributed by atoms with Crippen LogP contribution in [0.2, 0.25) is 5.02 Å². The Hall–Kier alpha value is -0.530. The Labute approximate surface area is 121 Å². The molecule has 0 heterocycles. The maximum absolute atomic E-state index is 6.06. The second-order valence-electron chi connectivity index (χ2n) is 6.27. The van der Waals surface area contributed by atoms with Crippen LogP contribution >= 0.6 is 11.6 Å². The van der Waals surface area contributed by atoms with Crippen molar-refractivity contribution in [2.75, 3.05) is 6.54 Å². The summed E-state index contributed by atoms with van der Waals surface area (Å²) in [7, 11) is 0. The van der Waals surface area contributed by atoms with Crippen molar-refractivity contribution >= 4 is 11.6 Å². The number of hydrogen-bond donors (Lipinski definition) is 1. The van der Waals surface area contributed by atoms with E-state index in [2.05, 4.69) is 17.4 Å². The molecule has 0 bridgehead atoms. The smallest absolute Gasteiger partial charge is 0.0408 e. The minimum Gasteiger partial charge on any atom is -0.313 e. The van der Waals surface area contributed by atoms with Crippen molar-refractivity contribution in [3.63, 3.8) is 0 Å². The third-order valence-electron chi connectivity index (χ3n) is 4.81. The van der Waals surface area contributed by atoms with Crippen LogP contribution < -0.4 is 5.32 Å². The molecule has 3 rings (SSSR count). The van der Waals surface area contributed by atoms with Gasteiger partial charge in [0.15, 0.2) is 0 Å². The van der Waals surface area contributed by atoms with Crippen molar-refractivity contribution in [3.05, 3.63) is 34.3 Å². The molecule has 0 aliphatic heterocycles. The highest BCUT2D eigenvalue weighted by Gasteiger charge is 2.21. The number of halogens is 1. The Morgan fingerprint density at radius 2 is 1.84 bits per heavy atom. The highest BCUT2D eigenvalue weighted by atomic mass is 35.5. The summed E-state index contributed by atoms with van der Waals surface area (Å²) in [4.78, 5) is 0.